The van der Waals surface area contributed by atoms with E-state index in [0.717, 1.165) is 0 Å². The van der Waals surface area contributed by atoms with Gasteiger partial charge >= 0.3 is 0 Å². The normalized spacial score (nSPS) is 56.5. The Labute approximate surface area is 151 Å². The number of fused-ring (bicyclic) bond motifs is 2. The summed E-state index contributed by atoms with van der Waals surface area (Å²) in [5.41, 5.74) is -3.01. The van der Waals surface area contributed by atoms with Gasteiger partial charge in [0.15, 0.2) is 11.6 Å². The molecule has 26 heavy (non-hydrogen) atoms. The Balaban J connectivity index is 1.83. The van der Waals surface area contributed by atoms with Crippen molar-refractivity contribution in [2.24, 2.45) is 34.0 Å². The van der Waals surface area contributed by atoms with Gasteiger partial charge < -0.3 is 20.1 Å². The van der Waals surface area contributed by atoms with E-state index in [1.807, 2.05) is 0 Å². The number of aliphatic hydroxyl groups is 3. The van der Waals surface area contributed by atoms with Crippen molar-refractivity contribution in [3.8, 4) is 0 Å². The number of ether oxygens (including phenoxy) is 1. The van der Waals surface area contributed by atoms with E-state index in [-0.39, 0.29) is 12.4 Å². The van der Waals surface area contributed by atoms with Gasteiger partial charge in [-0.05, 0) is 30.4 Å². The second kappa shape index (κ2) is 4.38. The van der Waals surface area contributed by atoms with E-state index in [2.05, 4.69) is 6.58 Å². The smallest absolute Gasteiger partial charge is 0.208 e. The first-order valence-corrected chi connectivity index (χ1v) is 9.26. The molecule has 0 amide bonds. The number of allylic oxidation sites excluding steroid dienone is 1. The molecule has 4 bridgehead atoms. The molecule has 3 N–H and O–H groups in total. The van der Waals surface area contributed by atoms with Gasteiger partial charge in [0.05, 0.1) is 12.7 Å². The molecular formula is C20H24O6. The number of carbonyl (C=O) groups excluding carboxylic acids is 2. The average molecular weight is 360 g/mol. The molecule has 2 saturated heterocycles. The second-order valence-corrected chi connectivity index (χ2v) is 9.34. The Bertz CT molecular complexity index is 798. The highest BCUT2D eigenvalue weighted by Crippen LogP contribution is 2.75. The van der Waals surface area contributed by atoms with Gasteiger partial charge in [-0.25, -0.2) is 0 Å². The summed E-state index contributed by atoms with van der Waals surface area (Å²) in [5, 5.41) is 33.9. The van der Waals surface area contributed by atoms with Crippen LogP contribution in [0.5, 0.6) is 0 Å². The predicted octanol–water partition coefficient (Wildman–Crippen LogP) is 0.360. The zero-order valence-electron chi connectivity index (χ0n) is 14.9. The number of ketones is 2. The summed E-state index contributed by atoms with van der Waals surface area (Å²) in [4.78, 5) is 25.8. The molecule has 0 aromatic heterocycles. The SMILES string of the molecule is C=C1C(=O)[C@]23[C@H](O)[C@H]1CC[C@H]2[C@]12C=CC(=O)C(C)(C)[C@H]1[C@H](O)C3(O)OC2. The van der Waals surface area contributed by atoms with Crippen molar-refractivity contribution in [3.05, 3.63) is 24.3 Å². The predicted molar refractivity (Wildman–Crippen MR) is 89.6 cm³/mol. The molecular weight excluding hydrogens is 336 g/mol. The number of hydrogen-bond donors (Lipinski definition) is 3. The van der Waals surface area contributed by atoms with Crippen LogP contribution in [0.4, 0.5) is 0 Å². The summed E-state index contributed by atoms with van der Waals surface area (Å²) in [7, 11) is 0. The molecule has 6 nitrogen and oxygen atoms in total. The standard InChI is InChI=1S/C20H24O6/c1-9-10-4-5-11-18-7-6-12(21)17(2,3)13(18)16(24)20(25,26-8-18)19(11,14(9)22)15(10)23/h6-7,10-11,13,15-16,23-25H,1,4-5,8H2,2-3H3/t10-,11-,13+,15+,16-,18+,19-,20?/m0/s1. The maximum absolute atomic E-state index is 13.3. The highest BCUT2D eigenvalue weighted by atomic mass is 16.6. The van der Waals surface area contributed by atoms with E-state index in [1.165, 1.54) is 6.08 Å². The molecule has 2 spiro atoms. The zero-order chi connectivity index (χ0) is 18.9. The van der Waals surface area contributed by atoms with E-state index >= 15 is 0 Å². The lowest BCUT2D eigenvalue weighted by Crippen LogP contribution is -2.83. The first-order valence-electron chi connectivity index (χ1n) is 9.26. The summed E-state index contributed by atoms with van der Waals surface area (Å²) in [6.07, 6.45) is 1.88. The number of rotatable bonds is 0. The Kier molecular flexibility index (Phi) is 2.83. The first kappa shape index (κ1) is 16.8. The second-order valence-electron chi connectivity index (χ2n) is 9.34. The van der Waals surface area contributed by atoms with Gasteiger partial charge in [0.25, 0.3) is 0 Å². The van der Waals surface area contributed by atoms with Crippen LogP contribution in [0.2, 0.25) is 0 Å². The molecule has 140 valence electrons. The molecule has 0 aromatic rings. The third-order valence-corrected chi connectivity index (χ3v) is 8.32. The Morgan fingerprint density at radius 1 is 1.19 bits per heavy atom. The van der Waals surface area contributed by atoms with Crippen LogP contribution >= 0.6 is 0 Å². The monoisotopic (exact) mass is 360 g/mol. The van der Waals surface area contributed by atoms with Crippen LogP contribution in [0.3, 0.4) is 0 Å². The quantitative estimate of drug-likeness (QED) is 0.539. The molecule has 2 aliphatic heterocycles. The largest absolute Gasteiger partial charge is 0.391 e. The minimum atomic E-state index is -2.22. The molecule has 2 heterocycles. The summed E-state index contributed by atoms with van der Waals surface area (Å²) < 4.78 is 5.77. The van der Waals surface area contributed by atoms with Gasteiger partial charge in [0.1, 0.15) is 11.5 Å². The van der Waals surface area contributed by atoms with Gasteiger partial charge in [-0.2, -0.15) is 0 Å². The third-order valence-electron chi connectivity index (χ3n) is 8.32. The summed E-state index contributed by atoms with van der Waals surface area (Å²) in [6, 6.07) is 0. The molecule has 0 aromatic carbocycles. The van der Waals surface area contributed by atoms with Crippen LogP contribution in [0.1, 0.15) is 26.7 Å². The lowest BCUT2D eigenvalue weighted by Gasteiger charge is -2.72. The van der Waals surface area contributed by atoms with Gasteiger partial charge in [0, 0.05) is 22.7 Å². The van der Waals surface area contributed by atoms with E-state index in [4.69, 9.17) is 4.74 Å². The van der Waals surface area contributed by atoms with Crippen LogP contribution in [0, 0.1) is 34.0 Å². The number of Topliss-reactive ketones (excluding diaryl/α,β-unsaturated/α-hetero) is 1. The van der Waals surface area contributed by atoms with Gasteiger partial charge in [-0.1, -0.05) is 26.5 Å². The van der Waals surface area contributed by atoms with Crippen molar-refractivity contribution in [1.82, 2.24) is 0 Å². The molecule has 3 saturated carbocycles. The Morgan fingerprint density at radius 2 is 1.88 bits per heavy atom. The lowest BCUT2D eigenvalue weighted by atomic mass is 9.37. The van der Waals surface area contributed by atoms with E-state index in [9.17, 15) is 24.9 Å². The highest BCUT2D eigenvalue weighted by molar-refractivity contribution is 6.05. The van der Waals surface area contributed by atoms with Crippen molar-refractivity contribution in [2.45, 2.75) is 44.7 Å². The lowest BCUT2D eigenvalue weighted by molar-refractivity contribution is -0.434. The fourth-order valence-corrected chi connectivity index (χ4v) is 7.21. The minimum absolute atomic E-state index is 0.113. The molecule has 8 atom stereocenters. The topological polar surface area (TPSA) is 104 Å². The van der Waals surface area contributed by atoms with Gasteiger partial charge in [0.2, 0.25) is 5.79 Å². The van der Waals surface area contributed by atoms with Crippen LogP contribution in [0.25, 0.3) is 0 Å². The maximum Gasteiger partial charge on any atom is 0.208 e. The van der Waals surface area contributed by atoms with Crippen LogP contribution in [-0.4, -0.2) is 51.5 Å². The molecule has 4 aliphatic carbocycles. The van der Waals surface area contributed by atoms with E-state index in [1.54, 1.807) is 19.9 Å². The summed E-state index contributed by atoms with van der Waals surface area (Å²) in [5.74, 6) is -4.17. The molecule has 1 unspecified atom stereocenters. The first-order chi connectivity index (χ1) is 12.1. The molecule has 6 rings (SSSR count). The Hall–Kier alpha value is -1.34. The maximum atomic E-state index is 13.3. The third kappa shape index (κ3) is 1.32. The number of aliphatic hydroxyl groups excluding tert-OH is 2. The van der Waals surface area contributed by atoms with Crippen molar-refractivity contribution in [3.63, 3.8) is 0 Å². The molecule has 6 heteroatoms. The molecule has 5 fully saturated rings. The van der Waals surface area contributed by atoms with Crippen molar-refractivity contribution < 1.29 is 29.6 Å². The fourth-order valence-electron chi connectivity index (χ4n) is 7.21. The number of hydrogen-bond acceptors (Lipinski definition) is 6. The summed E-state index contributed by atoms with van der Waals surface area (Å²) in [6.45, 7) is 7.51. The number of carbonyl (C=O) groups is 2. The minimum Gasteiger partial charge on any atom is -0.391 e. The average Bonchev–Trinajstić information content (AvgIpc) is 2.69. The Morgan fingerprint density at radius 3 is 2.58 bits per heavy atom. The van der Waals surface area contributed by atoms with Crippen LogP contribution in [0.15, 0.2) is 24.3 Å². The fraction of sp³-hybridized carbons (Fsp3) is 0.700. The molecule has 0 radical (unpaired) electrons. The van der Waals surface area contributed by atoms with Crippen LogP contribution < -0.4 is 0 Å². The van der Waals surface area contributed by atoms with Crippen LogP contribution in [-0.2, 0) is 14.3 Å². The van der Waals surface area contributed by atoms with E-state index in [0.29, 0.717) is 18.4 Å². The van der Waals surface area contributed by atoms with Crippen molar-refractivity contribution in [1.29, 1.82) is 0 Å². The summed E-state index contributed by atoms with van der Waals surface area (Å²) >= 11 is 0. The van der Waals surface area contributed by atoms with Gasteiger partial charge in [-0.3, -0.25) is 9.59 Å². The van der Waals surface area contributed by atoms with Crippen molar-refractivity contribution >= 4 is 11.6 Å². The zero-order valence-corrected chi connectivity index (χ0v) is 14.9. The van der Waals surface area contributed by atoms with Crippen molar-refractivity contribution in [2.75, 3.05) is 6.61 Å². The molecule has 6 aliphatic rings. The van der Waals surface area contributed by atoms with Gasteiger partial charge in [-0.15, -0.1) is 0 Å². The highest BCUT2D eigenvalue weighted by Gasteiger charge is 2.85. The van der Waals surface area contributed by atoms with E-state index < -0.39 is 57.8 Å².